The van der Waals surface area contributed by atoms with Crippen molar-refractivity contribution in [1.82, 2.24) is 14.8 Å². The molecule has 1 aromatic heterocycles. The molecule has 2 unspecified atom stereocenters. The Balaban J connectivity index is 1.37. The van der Waals surface area contributed by atoms with Crippen molar-refractivity contribution >= 4 is 11.8 Å². The highest BCUT2D eigenvalue weighted by Crippen LogP contribution is 2.36. The van der Waals surface area contributed by atoms with Crippen molar-refractivity contribution in [2.75, 3.05) is 26.2 Å². The number of aromatic nitrogens is 1. The third kappa shape index (κ3) is 3.78. The second-order valence-corrected chi connectivity index (χ2v) is 7.81. The molecule has 4 rings (SSSR count). The number of hydrogen-bond donors (Lipinski definition) is 1. The lowest BCUT2D eigenvalue weighted by molar-refractivity contribution is -0.123. The van der Waals surface area contributed by atoms with Crippen LogP contribution >= 0.6 is 0 Å². The second-order valence-electron chi connectivity index (χ2n) is 7.81. The molecular weight excluding hydrogens is 352 g/mol. The van der Waals surface area contributed by atoms with Crippen LogP contribution in [0.3, 0.4) is 0 Å². The van der Waals surface area contributed by atoms with E-state index >= 15 is 0 Å². The molecule has 0 saturated carbocycles. The Morgan fingerprint density at radius 2 is 1.89 bits per heavy atom. The minimum absolute atomic E-state index is 0.0126. The maximum atomic E-state index is 12.7. The lowest BCUT2D eigenvalue weighted by atomic mass is 9.94. The van der Waals surface area contributed by atoms with Gasteiger partial charge in [-0.15, -0.1) is 0 Å². The molecule has 28 heavy (non-hydrogen) atoms. The summed E-state index contributed by atoms with van der Waals surface area (Å²) in [5.41, 5.74) is 7.67. The molecule has 0 radical (unpaired) electrons. The first-order valence-electron chi connectivity index (χ1n) is 9.90. The molecule has 2 N–H and O–H groups in total. The molecule has 146 valence electrons. The average Bonchev–Trinajstić information content (AvgIpc) is 3.26. The van der Waals surface area contributed by atoms with E-state index in [1.165, 1.54) is 5.56 Å². The van der Waals surface area contributed by atoms with Crippen LogP contribution in [0.4, 0.5) is 0 Å². The van der Waals surface area contributed by atoms with E-state index in [4.69, 9.17) is 5.73 Å². The fourth-order valence-corrected chi connectivity index (χ4v) is 4.72. The molecular formula is C22H26N4O2. The molecule has 6 heteroatoms. The molecule has 2 aromatic rings. The Kier molecular flexibility index (Phi) is 5.39. The number of fused-ring (bicyclic) bond motifs is 1. The maximum absolute atomic E-state index is 12.7. The van der Waals surface area contributed by atoms with E-state index in [-0.39, 0.29) is 23.8 Å². The van der Waals surface area contributed by atoms with Crippen LogP contribution in [0.2, 0.25) is 0 Å². The van der Waals surface area contributed by atoms with Crippen LogP contribution in [-0.4, -0.2) is 58.8 Å². The van der Waals surface area contributed by atoms with E-state index < -0.39 is 0 Å². The number of carbonyl (C=O) groups excluding carboxylic acids is 2. The molecule has 3 atom stereocenters. The Morgan fingerprint density at radius 1 is 1.07 bits per heavy atom. The first-order valence-corrected chi connectivity index (χ1v) is 9.90. The van der Waals surface area contributed by atoms with Gasteiger partial charge in [0.2, 0.25) is 5.91 Å². The largest absolute Gasteiger partial charge is 0.368 e. The van der Waals surface area contributed by atoms with Gasteiger partial charge in [-0.25, -0.2) is 0 Å². The first kappa shape index (κ1) is 18.6. The summed E-state index contributed by atoms with van der Waals surface area (Å²) < 4.78 is 0. The van der Waals surface area contributed by atoms with Gasteiger partial charge in [0.15, 0.2) is 0 Å². The van der Waals surface area contributed by atoms with Crippen LogP contribution in [-0.2, 0) is 11.2 Å². The number of carbonyl (C=O) groups is 2. The zero-order valence-corrected chi connectivity index (χ0v) is 15.9. The summed E-state index contributed by atoms with van der Waals surface area (Å²) in [5.74, 6) is 0.133. The van der Waals surface area contributed by atoms with Crippen molar-refractivity contribution in [3.8, 4) is 0 Å². The molecule has 1 aromatic carbocycles. The Labute approximate surface area is 165 Å². The van der Waals surface area contributed by atoms with Crippen LogP contribution in [0.25, 0.3) is 0 Å². The number of aryl methyl sites for hydroxylation is 1. The third-order valence-electron chi connectivity index (χ3n) is 6.00. The van der Waals surface area contributed by atoms with Crippen molar-refractivity contribution in [2.24, 2.45) is 17.6 Å². The van der Waals surface area contributed by atoms with Gasteiger partial charge in [-0.3, -0.25) is 19.5 Å². The second kappa shape index (κ2) is 8.10. The fourth-order valence-electron chi connectivity index (χ4n) is 4.72. The molecule has 2 aliphatic rings. The minimum atomic E-state index is -0.285. The van der Waals surface area contributed by atoms with E-state index in [0.717, 1.165) is 25.9 Å². The van der Waals surface area contributed by atoms with Gasteiger partial charge in [-0.2, -0.15) is 0 Å². The third-order valence-corrected chi connectivity index (χ3v) is 6.00. The average molecular weight is 378 g/mol. The Bertz CT molecular complexity index is 827. The standard InChI is InChI=1S/C22H26N4O2/c23-21(27)20-19-15-26(22(28)17-9-4-10-24-12-17)14-18(19)13-25(20)11-5-8-16-6-2-1-3-7-16/h1-4,6-7,9-10,12,18-20H,5,8,11,13-15H2,(H2,23,27)/t18?,19-,20?/m1/s1. The van der Waals surface area contributed by atoms with Crippen molar-refractivity contribution in [3.63, 3.8) is 0 Å². The molecule has 6 nitrogen and oxygen atoms in total. The molecule has 2 saturated heterocycles. The summed E-state index contributed by atoms with van der Waals surface area (Å²) in [4.78, 5) is 33.0. The lowest BCUT2D eigenvalue weighted by Crippen LogP contribution is -2.46. The molecule has 2 fully saturated rings. The van der Waals surface area contributed by atoms with Gasteiger partial charge < -0.3 is 10.6 Å². The van der Waals surface area contributed by atoms with Crippen LogP contribution in [0.15, 0.2) is 54.9 Å². The highest BCUT2D eigenvalue weighted by atomic mass is 16.2. The van der Waals surface area contributed by atoms with E-state index in [1.54, 1.807) is 24.5 Å². The SMILES string of the molecule is NC(=O)C1[C@@H]2CN(C(=O)c3cccnc3)CC2CN1CCCc1ccccc1. The number of nitrogens with two attached hydrogens (primary N) is 1. The van der Waals surface area contributed by atoms with Crippen LogP contribution in [0.5, 0.6) is 0 Å². The van der Waals surface area contributed by atoms with Gasteiger partial charge in [-0.1, -0.05) is 30.3 Å². The number of hydrogen-bond acceptors (Lipinski definition) is 4. The first-order chi connectivity index (χ1) is 13.6. The molecule has 2 amide bonds. The van der Waals surface area contributed by atoms with Crippen LogP contribution in [0, 0.1) is 11.8 Å². The molecule has 0 aliphatic carbocycles. The summed E-state index contributed by atoms with van der Waals surface area (Å²) >= 11 is 0. The van der Waals surface area contributed by atoms with Gasteiger partial charge in [0.25, 0.3) is 5.91 Å². The summed E-state index contributed by atoms with van der Waals surface area (Å²) in [6, 6.07) is 13.7. The lowest BCUT2D eigenvalue weighted by Gasteiger charge is -2.27. The zero-order chi connectivity index (χ0) is 19.5. The number of nitrogens with zero attached hydrogens (tertiary/aromatic N) is 3. The summed E-state index contributed by atoms with van der Waals surface area (Å²) in [5, 5.41) is 0. The molecule has 3 heterocycles. The molecule has 0 bridgehead atoms. The Hall–Kier alpha value is -2.73. The minimum Gasteiger partial charge on any atom is -0.368 e. The normalized spacial score (nSPS) is 24.3. The quantitative estimate of drug-likeness (QED) is 0.828. The Morgan fingerprint density at radius 3 is 2.61 bits per heavy atom. The predicted molar refractivity (Wildman–Crippen MR) is 106 cm³/mol. The highest BCUT2D eigenvalue weighted by Gasteiger charge is 2.50. The highest BCUT2D eigenvalue weighted by molar-refractivity contribution is 5.94. The maximum Gasteiger partial charge on any atom is 0.255 e. The predicted octanol–water partition coefficient (Wildman–Crippen LogP) is 1.57. The number of pyridine rings is 1. The van der Waals surface area contributed by atoms with Crippen molar-refractivity contribution < 1.29 is 9.59 Å². The topological polar surface area (TPSA) is 79.5 Å². The summed E-state index contributed by atoms with van der Waals surface area (Å²) in [6.07, 6.45) is 5.24. The van der Waals surface area contributed by atoms with Gasteiger partial charge in [0.05, 0.1) is 11.6 Å². The number of primary amides is 1. The number of benzene rings is 1. The number of likely N-dealkylation sites (tertiary alicyclic amines) is 2. The van der Waals surface area contributed by atoms with Crippen molar-refractivity contribution in [3.05, 3.63) is 66.0 Å². The number of rotatable bonds is 6. The molecule has 2 aliphatic heterocycles. The van der Waals surface area contributed by atoms with Gasteiger partial charge in [-0.05, 0) is 43.0 Å². The smallest absolute Gasteiger partial charge is 0.255 e. The van der Waals surface area contributed by atoms with Crippen molar-refractivity contribution in [1.29, 1.82) is 0 Å². The zero-order valence-electron chi connectivity index (χ0n) is 15.9. The van der Waals surface area contributed by atoms with Crippen LogP contribution in [0.1, 0.15) is 22.3 Å². The van der Waals surface area contributed by atoms with E-state index in [1.807, 2.05) is 11.0 Å². The van der Waals surface area contributed by atoms with E-state index in [2.05, 4.69) is 34.1 Å². The van der Waals surface area contributed by atoms with E-state index in [9.17, 15) is 9.59 Å². The number of amides is 2. The van der Waals surface area contributed by atoms with Gasteiger partial charge >= 0.3 is 0 Å². The van der Waals surface area contributed by atoms with Crippen LogP contribution < -0.4 is 5.73 Å². The molecule has 0 spiro atoms. The summed E-state index contributed by atoms with van der Waals surface area (Å²) in [7, 11) is 0. The van der Waals surface area contributed by atoms with E-state index in [0.29, 0.717) is 24.6 Å². The van der Waals surface area contributed by atoms with Gasteiger partial charge in [0, 0.05) is 37.9 Å². The monoisotopic (exact) mass is 378 g/mol. The fraction of sp³-hybridized carbons (Fsp3) is 0.409. The summed E-state index contributed by atoms with van der Waals surface area (Å²) in [6.45, 7) is 2.94. The van der Waals surface area contributed by atoms with Crippen molar-refractivity contribution in [2.45, 2.75) is 18.9 Å². The van der Waals surface area contributed by atoms with Gasteiger partial charge in [0.1, 0.15) is 0 Å².